The molecule has 0 aliphatic heterocycles. The van der Waals surface area contributed by atoms with Crippen molar-refractivity contribution in [1.82, 2.24) is 0 Å². The summed E-state index contributed by atoms with van der Waals surface area (Å²) in [7, 11) is 0. The number of rotatable bonds is 29. The lowest BCUT2D eigenvalue weighted by molar-refractivity contribution is -0.138. The molecule has 0 saturated carbocycles. The molecule has 0 aliphatic rings. The maximum absolute atomic E-state index is 13.2. The quantitative estimate of drug-likeness (QED) is 0.0295. The minimum Gasteiger partial charge on any atom is -0.494 e. The average Bonchev–Trinajstić information content (AvgIpc) is 3.20. The Morgan fingerprint density at radius 1 is 0.500 bits per heavy atom. The van der Waals surface area contributed by atoms with Crippen LogP contribution in [-0.4, -0.2) is 50.9 Å². The van der Waals surface area contributed by atoms with Crippen molar-refractivity contribution in [3.05, 3.63) is 109 Å². The molecule has 3 aromatic carbocycles. The standard InChI is InChI=1S/C44H56O10/c1-4-7-12-31-52-44(47)40-32-39(53-33-35-17-21-37(22-18-35)48-27-13-8-10-15-29-50-42(45)5-2)25-26-41(40)54-34-36-19-23-38(24-20-36)49-28-14-9-11-16-30-51-43(46)6-3/h5-6,17-26,32H,2-4,7-16,27-31,33-34H2,1H3. The van der Waals surface area contributed by atoms with Gasteiger partial charge in [-0.1, -0.05) is 57.2 Å². The van der Waals surface area contributed by atoms with Gasteiger partial charge in [0.1, 0.15) is 41.8 Å². The molecular formula is C44H56O10. The first-order chi connectivity index (χ1) is 26.4. The van der Waals surface area contributed by atoms with Crippen molar-refractivity contribution in [2.24, 2.45) is 0 Å². The Morgan fingerprint density at radius 2 is 0.944 bits per heavy atom. The second-order valence-corrected chi connectivity index (χ2v) is 12.6. The van der Waals surface area contributed by atoms with Gasteiger partial charge in [0.15, 0.2) is 0 Å². The molecule has 0 amide bonds. The molecule has 0 N–H and O–H groups in total. The zero-order chi connectivity index (χ0) is 38.6. The van der Waals surface area contributed by atoms with Crippen molar-refractivity contribution in [2.75, 3.05) is 33.0 Å². The highest BCUT2D eigenvalue weighted by atomic mass is 16.5. The SMILES string of the molecule is C=CC(=O)OCCCCCCOc1ccc(COc2ccc(OCc3ccc(OCCCCCCOC(=O)C=C)cc3)c(C(=O)OCCCCC)c2)cc1. The molecule has 0 saturated heterocycles. The molecule has 0 radical (unpaired) electrons. The van der Waals surface area contributed by atoms with Crippen molar-refractivity contribution >= 4 is 17.9 Å². The number of hydrogen-bond acceptors (Lipinski definition) is 10. The van der Waals surface area contributed by atoms with Gasteiger partial charge in [0.25, 0.3) is 0 Å². The van der Waals surface area contributed by atoms with Crippen LogP contribution in [0.4, 0.5) is 0 Å². The van der Waals surface area contributed by atoms with Crippen LogP contribution in [0.3, 0.4) is 0 Å². The molecule has 0 aromatic heterocycles. The third kappa shape index (κ3) is 18.0. The van der Waals surface area contributed by atoms with Crippen LogP contribution in [0.25, 0.3) is 0 Å². The molecule has 0 atom stereocenters. The summed E-state index contributed by atoms with van der Waals surface area (Å²) in [6, 6.07) is 20.6. The van der Waals surface area contributed by atoms with Crippen molar-refractivity contribution in [1.29, 1.82) is 0 Å². The molecule has 10 nitrogen and oxygen atoms in total. The van der Waals surface area contributed by atoms with E-state index < -0.39 is 5.97 Å². The molecule has 0 heterocycles. The Balaban J connectivity index is 1.45. The fourth-order valence-electron chi connectivity index (χ4n) is 5.13. The van der Waals surface area contributed by atoms with Crippen molar-refractivity contribution in [3.63, 3.8) is 0 Å². The van der Waals surface area contributed by atoms with Gasteiger partial charge in [0.05, 0.1) is 33.0 Å². The number of esters is 3. The van der Waals surface area contributed by atoms with Gasteiger partial charge in [-0.2, -0.15) is 0 Å². The van der Waals surface area contributed by atoms with E-state index in [4.69, 9.17) is 33.2 Å². The van der Waals surface area contributed by atoms with E-state index in [0.717, 1.165) is 93.3 Å². The van der Waals surface area contributed by atoms with Crippen LogP contribution in [0.2, 0.25) is 0 Å². The summed E-state index contributed by atoms with van der Waals surface area (Å²) in [5, 5.41) is 0. The van der Waals surface area contributed by atoms with Gasteiger partial charge in [-0.15, -0.1) is 0 Å². The molecule has 0 unspecified atom stereocenters. The summed E-state index contributed by atoms with van der Waals surface area (Å²) < 4.78 is 39.5. The first-order valence-corrected chi connectivity index (χ1v) is 19.0. The maximum Gasteiger partial charge on any atom is 0.342 e. The van der Waals surface area contributed by atoms with Crippen LogP contribution in [0.5, 0.6) is 23.0 Å². The molecule has 0 spiro atoms. The van der Waals surface area contributed by atoms with Crippen molar-refractivity contribution in [3.8, 4) is 23.0 Å². The van der Waals surface area contributed by atoms with E-state index in [-0.39, 0.29) is 18.5 Å². The highest BCUT2D eigenvalue weighted by Gasteiger charge is 2.17. The third-order valence-electron chi connectivity index (χ3n) is 8.24. The minimum absolute atomic E-state index is 0.259. The normalized spacial score (nSPS) is 10.5. The first-order valence-electron chi connectivity index (χ1n) is 19.0. The van der Waals surface area contributed by atoms with E-state index in [9.17, 15) is 14.4 Å². The molecular weight excluding hydrogens is 688 g/mol. The lowest BCUT2D eigenvalue weighted by atomic mass is 10.1. The van der Waals surface area contributed by atoms with Gasteiger partial charge in [-0.25, -0.2) is 14.4 Å². The van der Waals surface area contributed by atoms with Crippen LogP contribution in [-0.2, 0) is 37.0 Å². The maximum atomic E-state index is 13.2. The first kappa shape index (κ1) is 43.2. The van der Waals surface area contributed by atoms with E-state index in [2.05, 4.69) is 20.1 Å². The van der Waals surface area contributed by atoms with Crippen molar-refractivity contribution in [2.45, 2.75) is 90.8 Å². The average molecular weight is 745 g/mol. The second-order valence-electron chi connectivity index (χ2n) is 12.6. The number of carbonyl (C=O) groups excluding carboxylic acids is 3. The Kier molecular flexibility index (Phi) is 21.2. The smallest absolute Gasteiger partial charge is 0.342 e. The number of carbonyl (C=O) groups is 3. The van der Waals surface area contributed by atoms with Gasteiger partial charge >= 0.3 is 17.9 Å². The van der Waals surface area contributed by atoms with E-state index in [1.165, 1.54) is 12.2 Å². The zero-order valence-corrected chi connectivity index (χ0v) is 31.7. The van der Waals surface area contributed by atoms with Gasteiger partial charge < -0.3 is 33.2 Å². The number of hydrogen-bond donors (Lipinski definition) is 0. The lowest BCUT2D eigenvalue weighted by Crippen LogP contribution is -2.10. The van der Waals surface area contributed by atoms with Crippen LogP contribution in [0.15, 0.2) is 92.0 Å². The third-order valence-corrected chi connectivity index (χ3v) is 8.24. The lowest BCUT2D eigenvalue weighted by Gasteiger charge is -2.14. The van der Waals surface area contributed by atoms with Gasteiger partial charge in [-0.05, 0) is 111 Å². The number of unbranched alkanes of at least 4 members (excludes halogenated alkanes) is 8. The fraction of sp³-hybridized carbons (Fsp3) is 0.432. The molecule has 3 rings (SSSR count). The van der Waals surface area contributed by atoms with Crippen LogP contribution in [0, 0.1) is 0 Å². The summed E-state index contributed by atoms with van der Waals surface area (Å²) >= 11 is 0. The van der Waals surface area contributed by atoms with E-state index >= 15 is 0 Å². The minimum atomic E-state index is -0.453. The number of benzene rings is 3. The van der Waals surface area contributed by atoms with E-state index in [0.29, 0.717) is 56.7 Å². The highest BCUT2D eigenvalue weighted by molar-refractivity contribution is 5.93. The predicted octanol–water partition coefficient (Wildman–Crippen LogP) is 9.53. The van der Waals surface area contributed by atoms with Gasteiger partial charge in [-0.3, -0.25) is 0 Å². The van der Waals surface area contributed by atoms with Crippen LogP contribution < -0.4 is 18.9 Å². The summed E-state index contributed by atoms with van der Waals surface area (Å²) in [6.45, 7) is 11.8. The summed E-state index contributed by atoms with van der Waals surface area (Å²) in [5.41, 5.74) is 2.19. The molecule has 0 fully saturated rings. The molecule has 54 heavy (non-hydrogen) atoms. The monoisotopic (exact) mass is 744 g/mol. The summed E-state index contributed by atoms with van der Waals surface area (Å²) in [4.78, 5) is 35.3. The van der Waals surface area contributed by atoms with Crippen LogP contribution in [0.1, 0.15) is 99.0 Å². The summed E-state index contributed by atoms with van der Waals surface area (Å²) in [5.74, 6) is 1.27. The van der Waals surface area contributed by atoms with Gasteiger partial charge in [0, 0.05) is 12.2 Å². The van der Waals surface area contributed by atoms with Crippen molar-refractivity contribution < 1.29 is 47.5 Å². The summed E-state index contributed by atoms with van der Waals surface area (Å²) in [6.07, 6.45) is 12.5. The largest absolute Gasteiger partial charge is 0.494 e. The zero-order valence-electron chi connectivity index (χ0n) is 31.7. The molecule has 10 heteroatoms. The molecule has 292 valence electrons. The second kappa shape index (κ2) is 26.5. The molecule has 0 aliphatic carbocycles. The molecule has 0 bridgehead atoms. The topological polar surface area (TPSA) is 116 Å². The predicted molar refractivity (Wildman–Crippen MR) is 208 cm³/mol. The van der Waals surface area contributed by atoms with E-state index in [1.54, 1.807) is 18.2 Å². The Labute approximate surface area is 320 Å². The van der Waals surface area contributed by atoms with E-state index in [1.807, 2.05) is 48.5 Å². The highest BCUT2D eigenvalue weighted by Crippen LogP contribution is 2.27. The fourth-order valence-corrected chi connectivity index (χ4v) is 5.13. The Bertz CT molecular complexity index is 1550. The Hall–Kier alpha value is -5.25. The molecule has 3 aromatic rings. The Morgan fingerprint density at radius 3 is 1.44 bits per heavy atom. The van der Waals surface area contributed by atoms with Gasteiger partial charge in [0.2, 0.25) is 0 Å². The van der Waals surface area contributed by atoms with Crippen LogP contribution >= 0.6 is 0 Å². The number of ether oxygens (including phenoxy) is 7.